The third-order valence-corrected chi connectivity index (χ3v) is 3.56. The molecule has 1 aliphatic rings. The predicted molar refractivity (Wildman–Crippen MR) is 74.5 cm³/mol. The van der Waals surface area contributed by atoms with E-state index < -0.39 is 0 Å². The van der Waals surface area contributed by atoms with Crippen molar-refractivity contribution in [3.8, 4) is 0 Å². The van der Waals surface area contributed by atoms with Crippen LogP contribution in [0.1, 0.15) is 25.0 Å². The molecule has 0 aromatic heterocycles. The van der Waals surface area contributed by atoms with Gasteiger partial charge in [0.1, 0.15) is 0 Å². The minimum absolute atomic E-state index is 0.136. The van der Waals surface area contributed by atoms with Gasteiger partial charge in [0, 0.05) is 25.2 Å². The average molecular weight is 248 g/mol. The van der Waals surface area contributed by atoms with Crippen LogP contribution >= 0.6 is 0 Å². The minimum Gasteiger partial charge on any atom is -0.378 e. The lowest BCUT2D eigenvalue weighted by Gasteiger charge is -2.42. The van der Waals surface area contributed by atoms with Crippen molar-refractivity contribution in [3.05, 3.63) is 35.4 Å². The average Bonchev–Trinajstić information content (AvgIpc) is 2.33. The Morgan fingerprint density at radius 1 is 1.33 bits per heavy atom. The Kier molecular flexibility index (Phi) is 4.38. The van der Waals surface area contributed by atoms with Crippen LogP contribution in [0.3, 0.4) is 0 Å². The summed E-state index contributed by atoms with van der Waals surface area (Å²) < 4.78 is 5.56. The Labute approximate surface area is 110 Å². The summed E-state index contributed by atoms with van der Waals surface area (Å²) in [6, 6.07) is 8.83. The summed E-state index contributed by atoms with van der Waals surface area (Å²) in [7, 11) is 1.98. The van der Waals surface area contributed by atoms with Gasteiger partial charge in [-0.1, -0.05) is 24.3 Å². The number of hydrogen-bond donors (Lipinski definition) is 1. The highest BCUT2D eigenvalue weighted by Gasteiger charge is 2.30. The molecule has 3 nitrogen and oxygen atoms in total. The van der Waals surface area contributed by atoms with Crippen molar-refractivity contribution in [2.24, 2.45) is 0 Å². The molecule has 0 amide bonds. The van der Waals surface area contributed by atoms with E-state index in [1.54, 1.807) is 0 Å². The molecule has 100 valence electrons. The Bertz CT molecular complexity index is 390. The molecule has 0 atom stereocenters. The fraction of sp³-hybridized carbons (Fsp3) is 0.600. The van der Waals surface area contributed by atoms with Crippen LogP contribution in [0.25, 0.3) is 0 Å². The highest BCUT2D eigenvalue weighted by atomic mass is 16.5. The molecular weight excluding hydrogens is 224 g/mol. The lowest BCUT2D eigenvalue weighted by Crippen LogP contribution is -2.52. The van der Waals surface area contributed by atoms with Gasteiger partial charge in [-0.15, -0.1) is 0 Å². The topological polar surface area (TPSA) is 24.5 Å². The monoisotopic (exact) mass is 248 g/mol. The number of benzene rings is 1. The van der Waals surface area contributed by atoms with Crippen LogP contribution in [0.5, 0.6) is 0 Å². The summed E-state index contributed by atoms with van der Waals surface area (Å²) in [5.41, 5.74) is 2.87. The van der Waals surface area contributed by atoms with E-state index in [9.17, 15) is 0 Å². The zero-order valence-corrected chi connectivity index (χ0v) is 11.7. The first-order chi connectivity index (χ1) is 8.62. The number of nitrogens with zero attached hydrogens (tertiary/aromatic N) is 1. The number of morpholine rings is 1. The lowest BCUT2D eigenvalue weighted by molar-refractivity contribution is -0.0552. The summed E-state index contributed by atoms with van der Waals surface area (Å²) >= 11 is 0. The SMILES string of the molecule is CNCc1cccc(CN2CCOCC2(C)C)c1. The molecule has 0 unspecified atom stereocenters. The Balaban J connectivity index is 2.06. The first-order valence-electron chi connectivity index (χ1n) is 6.67. The Hall–Kier alpha value is -0.900. The van der Waals surface area contributed by atoms with Crippen molar-refractivity contribution >= 4 is 0 Å². The van der Waals surface area contributed by atoms with E-state index in [2.05, 4.69) is 48.3 Å². The van der Waals surface area contributed by atoms with E-state index in [4.69, 9.17) is 4.74 Å². The number of rotatable bonds is 4. The molecule has 1 saturated heterocycles. The molecule has 0 radical (unpaired) electrons. The molecule has 18 heavy (non-hydrogen) atoms. The van der Waals surface area contributed by atoms with Gasteiger partial charge in [0.25, 0.3) is 0 Å². The summed E-state index contributed by atoms with van der Waals surface area (Å²) in [6.07, 6.45) is 0. The van der Waals surface area contributed by atoms with Crippen molar-refractivity contribution in [1.82, 2.24) is 10.2 Å². The quantitative estimate of drug-likeness (QED) is 0.882. The van der Waals surface area contributed by atoms with E-state index in [1.807, 2.05) is 7.05 Å². The molecule has 0 spiro atoms. The molecule has 1 aromatic rings. The fourth-order valence-electron chi connectivity index (χ4n) is 2.45. The molecule has 1 N–H and O–H groups in total. The van der Waals surface area contributed by atoms with Gasteiger partial charge >= 0.3 is 0 Å². The first kappa shape index (κ1) is 13.5. The van der Waals surface area contributed by atoms with Gasteiger partial charge in [-0.2, -0.15) is 0 Å². The van der Waals surface area contributed by atoms with Gasteiger partial charge in [0.2, 0.25) is 0 Å². The number of ether oxygens (including phenoxy) is 1. The van der Waals surface area contributed by atoms with Gasteiger partial charge in [-0.3, -0.25) is 4.90 Å². The minimum atomic E-state index is 0.136. The van der Waals surface area contributed by atoms with E-state index in [1.165, 1.54) is 11.1 Å². The zero-order valence-electron chi connectivity index (χ0n) is 11.7. The highest BCUT2D eigenvalue weighted by molar-refractivity contribution is 5.23. The van der Waals surface area contributed by atoms with Crippen molar-refractivity contribution < 1.29 is 4.74 Å². The highest BCUT2D eigenvalue weighted by Crippen LogP contribution is 2.21. The van der Waals surface area contributed by atoms with Crippen molar-refractivity contribution in [2.45, 2.75) is 32.5 Å². The number of hydrogen-bond acceptors (Lipinski definition) is 3. The van der Waals surface area contributed by atoms with E-state index >= 15 is 0 Å². The maximum Gasteiger partial charge on any atom is 0.0645 e. The van der Waals surface area contributed by atoms with Crippen LogP contribution in [-0.4, -0.2) is 37.2 Å². The van der Waals surface area contributed by atoms with E-state index in [-0.39, 0.29) is 5.54 Å². The molecule has 0 bridgehead atoms. The van der Waals surface area contributed by atoms with Crippen LogP contribution < -0.4 is 5.32 Å². The second-order valence-corrected chi connectivity index (χ2v) is 5.64. The van der Waals surface area contributed by atoms with Crippen LogP contribution in [0, 0.1) is 0 Å². The zero-order chi connectivity index (χ0) is 13.0. The molecule has 1 heterocycles. The summed E-state index contributed by atoms with van der Waals surface area (Å²) in [5, 5.41) is 3.20. The Morgan fingerprint density at radius 3 is 2.83 bits per heavy atom. The first-order valence-corrected chi connectivity index (χ1v) is 6.67. The van der Waals surface area contributed by atoms with Crippen LogP contribution in [0.15, 0.2) is 24.3 Å². The molecule has 3 heteroatoms. The normalized spacial score (nSPS) is 19.9. The molecule has 1 aliphatic heterocycles. The molecule has 2 rings (SSSR count). The molecule has 1 fully saturated rings. The van der Waals surface area contributed by atoms with Crippen molar-refractivity contribution in [2.75, 3.05) is 26.8 Å². The lowest BCUT2D eigenvalue weighted by atomic mass is 10.0. The summed E-state index contributed by atoms with van der Waals surface area (Å²) in [4.78, 5) is 2.51. The molecule has 0 aliphatic carbocycles. The van der Waals surface area contributed by atoms with Gasteiger partial charge in [0.05, 0.1) is 13.2 Å². The second-order valence-electron chi connectivity index (χ2n) is 5.64. The largest absolute Gasteiger partial charge is 0.378 e. The standard InChI is InChI=1S/C15H24N2O/c1-15(2)12-18-8-7-17(15)11-14-6-4-5-13(9-14)10-16-3/h4-6,9,16H,7-8,10-12H2,1-3H3. The predicted octanol–water partition coefficient (Wildman–Crippen LogP) is 2.02. The van der Waals surface area contributed by atoms with E-state index in [0.29, 0.717) is 0 Å². The fourth-order valence-corrected chi connectivity index (χ4v) is 2.45. The third kappa shape index (κ3) is 3.31. The second kappa shape index (κ2) is 5.83. The Morgan fingerprint density at radius 2 is 2.11 bits per heavy atom. The maximum atomic E-state index is 5.56. The summed E-state index contributed by atoms with van der Waals surface area (Å²) in [6.45, 7) is 9.13. The van der Waals surface area contributed by atoms with Gasteiger partial charge in [0.15, 0.2) is 0 Å². The van der Waals surface area contributed by atoms with Crippen molar-refractivity contribution in [1.29, 1.82) is 0 Å². The molecule has 0 saturated carbocycles. The number of nitrogens with one attached hydrogen (secondary N) is 1. The molecular formula is C15H24N2O. The third-order valence-electron chi connectivity index (χ3n) is 3.56. The van der Waals surface area contributed by atoms with Crippen LogP contribution in [0.2, 0.25) is 0 Å². The summed E-state index contributed by atoms with van der Waals surface area (Å²) in [5.74, 6) is 0. The van der Waals surface area contributed by atoms with Crippen LogP contribution in [0.4, 0.5) is 0 Å². The maximum absolute atomic E-state index is 5.56. The van der Waals surface area contributed by atoms with Crippen molar-refractivity contribution in [3.63, 3.8) is 0 Å². The van der Waals surface area contributed by atoms with Gasteiger partial charge < -0.3 is 10.1 Å². The van der Waals surface area contributed by atoms with Gasteiger partial charge in [-0.05, 0) is 32.0 Å². The van der Waals surface area contributed by atoms with Gasteiger partial charge in [-0.25, -0.2) is 0 Å². The van der Waals surface area contributed by atoms with E-state index in [0.717, 1.165) is 32.8 Å². The van der Waals surface area contributed by atoms with Crippen LogP contribution in [-0.2, 0) is 17.8 Å². The smallest absolute Gasteiger partial charge is 0.0645 e. The molecule has 1 aromatic carbocycles.